The molecule has 14 unspecified atom stereocenters. The monoisotopic (exact) mass is 599 g/mol. The number of aliphatic hydroxyl groups excluding tert-OH is 1. The molecule has 43 heavy (non-hydrogen) atoms. The van der Waals surface area contributed by atoms with Gasteiger partial charge in [-0.25, -0.2) is 4.79 Å². The Balaban J connectivity index is 1.48. The highest BCUT2D eigenvalue weighted by Crippen LogP contribution is 2.80. The molecule has 5 aliphatic carbocycles. The molecule has 1 aliphatic heterocycles. The van der Waals surface area contributed by atoms with Gasteiger partial charge in [-0.3, -0.25) is 4.79 Å². The summed E-state index contributed by atoms with van der Waals surface area (Å²) in [6.07, 6.45) is -0.523. The molecule has 10 heteroatoms. The van der Waals surface area contributed by atoms with E-state index in [1.807, 2.05) is 18.2 Å². The molecule has 1 aromatic carbocycles. The molecule has 10 nitrogen and oxygen atoms in total. The Morgan fingerprint density at radius 2 is 1.72 bits per heavy atom. The second-order valence-electron chi connectivity index (χ2n) is 14.0. The van der Waals surface area contributed by atoms with Gasteiger partial charge in [0.05, 0.1) is 30.5 Å². The zero-order valence-electron chi connectivity index (χ0n) is 25.9. The molecule has 6 aliphatic rings. The molecule has 0 aromatic heterocycles. The van der Waals surface area contributed by atoms with Gasteiger partial charge >= 0.3 is 11.9 Å². The summed E-state index contributed by atoms with van der Waals surface area (Å²) in [6, 6.07) is 8.85. The maximum Gasteiger partial charge on any atom is 0.338 e. The summed E-state index contributed by atoms with van der Waals surface area (Å²) < 4.78 is 38.0. The lowest BCUT2D eigenvalue weighted by molar-refractivity contribution is -0.301. The Morgan fingerprint density at radius 3 is 2.35 bits per heavy atom. The largest absolute Gasteiger partial charge is 0.458 e. The quantitative estimate of drug-likeness (QED) is 0.446. The van der Waals surface area contributed by atoms with Gasteiger partial charge in [0, 0.05) is 82.5 Å². The van der Waals surface area contributed by atoms with Crippen LogP contribution in [0.15, 0.2) is 30.3 Å². The van der Waals surface area contributed by atoms with Crippen molar-refractivity contribution in [2.45, 2.75) is 68.3 Å². The summed E-state index contributed by atoms with van der Waals surface area (Å²) in [5.41, 5.74) is -1.59. The third-order valence-corrected chi connectivity index (χ3v) is 12.7. The molecule has 0 radical (unpaired) electrons. The fourth-order valence-electron chi connectivity index (χ4n) is 12.2. The molecule has 7 bridgehead atoms. The van der Waals surface area contributed by atoms with Gasteiger partial charge in [-0.2, -0.15) is 0 Å². The number of aliphatic hydroxyl groups is 1. The van der Waals surface area contributed by atoms with Gasteiger partial charge in [-0.1, -0.05) is 18.2 Å². The average molecular weight is 600 g/mol. The van der Waals surface area contributed by atoms with Crippen LogP contribution in [-0.2, 0) is 33.2 Å². The minimum absolute atomic E-state index is 0.0234. The standard InChI is InChI=1S/C33H45NO9/c1-17(35)43-33-22-20(14-19(25(40-5)29(33)36)24(22)42-30(37)18-10-8-7-9-11-18)32-21(39-4)12-13-31(16-38-3)15-34(2)28(32)23(33)26(41-6)27(31)32/h7-11,19-29,36H,12-16H2,1-6H3. The number of carbonyl (C=O) groups excluding carboxylic acids is 2. The number of carbonyl (C=O) groups is 2. The normalized spacial score (nSPS) is 49.0. The number of fused-ring (bicyclic) bond motifs is 2. The summed E-state index contributed by atoms with van der Waals surface area (Å²) in [6.45, 7) is 2.76. The van der Waals surface area contributed by atoms with Crippen molar-refractivity contribution in [2.75, 3.05) is 48.6 Å². The molecule has 7 rings (SSSR count). The van der Waals surface area contributed by atoms with Crippen molar-refractivity contribution < 1.29 is 43.1 Å². The number of ether oxygens (including phenoxy) is 6. The van der Waals surface area contributed by atoms with Crippen LogP contribution in [0.1, 0.15) is 36.5 Å². The number of methoxy groups -OCH3 is 4. The molecule has 1 N–H and O–H groups in total. The zero-order chi connectivity index (χ0) is 30.5. The van der Waals surface area contributed by atoms with Gasteiger partial charge in [-0.05, 0) is 44.4 Å². The summed E-state index contributed by atoms with van der Waals surface area (Å²) in [5, 5.41) is 12.4. The maximum absolute atomic E-state index is 13.7. The van der Waals surface area contributed by atoms with E-state index in [0.717, 1.165) is 19.4 Å². The highest BCUT2D eigenvalue weighted by Gasteiger charge is 2.89. The van der Waals surface area contributed by atoms with Crippen LogP contribution in [0.5, 0.6) is 0 Å². The number of likely N-dealkylation sites (tertiary alicyclic amines) is 1. The fraction of sp³-hybridized carbons (Fsp3) is 0.758. The van der Waals surface area contributed by atoms with Crippen LogP contribution in [0, 0.1) is 40.4 Å². The molecule has 14 atom stereocenters. The third-order valence-electron chi connectivity index (χ3n) is 12.7. The van der Waals surface area contributed by atoms with Crippen molar-refractivity contribution in [3.63, 3.8) is 0 Å². The zero-order valence-corrected chi connectivity index (χ0v) is 25.9. The molecule has 1 aromatic rings. The first-order valence-electron chi connectivity index (χ1n) is 15.6. The topological polar surface area (TPSA) is 113 Å². The molecule has 1 heterocycles. The van der Waals surface area contributed by atoms with E-state index in [9.17, 15) is 14.7 Å². The summed E-state index contributed by atoms with van der Waals surface area (Å²) in [5.74, 6) is -2.18. The minimum atomic E-state index is -1.41. The van der Waals surface area contributed by atoms with Gasteiger partial charge in [0.25, 0.3) is 0 Å². The Bertz CT molecular complexity index is 1260. The number of benzene rings is 1. The van der Waals surface area contributed by atoms with Crippen LogP contribution in [0.25, 0.3) is 0 Å². The number of hydrogen-bond acceptors (Lipinski definition) is 10. The van der Waals surface area contributed by atoms with E-state index in [1.54, 1.807) is 40.6 Å². The second kappa shape index (κ2) is 10.2. The van der Waals surface area contributed by atoms with Crippen LogP contribution < -0.4 is 0 Å². The van der Waals surface area contributed by atoms with Gasteiger partial charge in [0.1, 0.15) is 12.2 Å². The molecular formula is C33H45NO9. The van der Waals surface area contributed by atoms with Crippen LogP contribution in [0.3, 0.4) is 0 Å². The lowest BCUT2D eigenvalue weighted by Gasteiger charge is -2.69. The summed E-state index contributed by atoms with van der Waals surface area (Å²) >= 11 is 0. The Labute approximate surface area is 253 Å². The predicted molar refractivity (Wildman–Crippen MR) is 153 cm³/mol. The smallest absolute Gasteiger partial charge is 0.338 e. The van der Waals surface area contributed by atoms with Crippen molar-refractivity contribution in [1.82, 2.24) is 4.90 Å². The van der Waals surface area contributed by atoms with Gasteiger partial charge in [0.15, 0.2) is 5.60 Å². The maximum atomic E-state index is 13.7. The average Bonchev–Trinajstić information content (AvgIpc) is 3.43. The first-order valence-corrected chi connectivity index (χ1v) is 15.6. The van der Waals surface area contributed by atoms with E-state index >= 15 is 0 Å². The lowest BCUT2D eigenvalue weighted by Crippen LogP contribution is -2.79. The molecule has 5 saturated carbocycles. The summed E-state index contributed by atoms with van der Waals surface area (Å²) in [4.78, 5) is 29.2. The molecule has 6 fully saturated rings. The van der Waals surface area contributed by atoms with Crippen LogP contribution in [-0.4, -0.2) is 113 Å². The van der Waals surface area contributed by atoms with Crippen LogP contribution in [0.2, 0.25) is 0 Å². The fourth-order valence-corrected chi connectivity index (χ4v) is 12.2. The van der Waals surface area contributed by atoms with Crippen LogP contribution >= 0.6 is 0 Å². The van der Waals surface area contributed by atoms with Crippen molar-refractivity contribution in [3.05, 3.63) is 35.9 Å². The summed E-state index contributed by atoms with van der Waals surface area (Å²) in [7, 11) is 8.99. The number of rotatable bonds is 8. The van der Waals surface area contributed by atoms with E-state index in [-0.39, 0.29) is 41.4 Å². The van der Waals surface area contributed by atoms with E-state index < -0.39 is 53.1 Å². The third kappa shape index (κ3) is 3.51. The number of nitrogens with zero attached hydrogens (tertiary/aromatic N) is 1. The van der Waals surface area contributed by atoms with Gasteiger partial charge < -0.3 is 38.4 Å². The van der Waals surface area contributed by atoms with Gasteiger partial charge in [0.2, 0.25) is 0 Å². The molecule has 1 spiro atoms. The van der Waals surface area contributed by atoms with Crippen molar-refractivity contribution >= 4 is 11.9 Å². The van der Waals surface area contributed by atoms with E-state index in [1.165, 1.54) is 6.92 Å². The Morgan fingerprint density at radius 1 is 1.00 bits per heavy atom. The highest BCUT2D eigenvalue weighted by molar-refractivity contribution is 5.89. The molecule has 236 valence electrons. The van der Waals surface area contributed by atoms with Gasteiger partial charge in [-0.15, -0.1) is 0 Å². The second-order valence-corrected chi connectivity index (χ2v) is 14.0. The highest BCUT2D eigenvalue weighted by atomic mass is 16.6. The van der Waals surface area contributed by atoms with Crippen molar-refractivity contribution in [1.29, 1.82) is 0 Å². The molecule has 0 amide bonds. The molecular weight excluding hydrogens is 554 g/mol. The SMILES string of the molecule is COCC12CCC(OC)C34C5CC6C(OC)C(O)C(OC(C)=O)(C5C6OC(=O)c5ccccc5)C(C(OC)C13)C4N(C)C2. The lowest BCUT2D eigenvalue weighted by atomic mass is 9.43. The van der Waals surface area contributed by atoms with Crippen molar-refractivity contribution in [3.8, 4) is 0 Å². The Hall–Kier alpha value is -2.08. The van der Waals surface area contributed by atoms with Crippen LogP contribution in [0.4, 0.5) is 0 Å². The number of piperidine rings is 1. The first-order chi connectivity index (χ1) is 20.7. The number of esters is 2. The van der Waals surface area contributed by atoms with E-state index in [4.69, 9.17) is 28.4 Å². The minimum Gasteiger partial charge on any atom is -0.458 e. The predicted octanol–water partition coefficient (Wildman–Crippen LogP) is 2.17. The number of hydrogen-bond donors (Lipinski definition) is 1. The Kier molecular flexibility index (Phi) is 7.04. The van der Waals surface area contributed by atoms with E-state index in [0.29, 0.717) is 18.6 Å². The first kappa shape index (κ1) is 29.6. The molecule has 1 saturated heterocycles. The van der Waals surface area contributed by atoms with Crippen molar-refractivity contribution in [2.24, 2.45) is 40.4 Å². The van der Waals surface area contributed by atoms with E-state index in [2.05, 4.69) is 11.9 Å².